The molecule has 0 aliphatic heterocycles. The molecule has 2 unspecified atom stereocenters. The Morgan fingerprint density at radius 3 is 2.55 bits per heavy atom. The first-order valence-corrected chi connectivity index (χ1v) is 8.20. The average Bonchev–Trinajstić information content (AvgIpc) is 2.83. The minimum atomic E-state index is -0.231. The van der Waals surface area contributed by atoms with Gasteiger partial charge in [-0.05, 0) is 32.2 Å². The molecule has 0 amide bonds. The molecule has 4 heteroatoms. The lowest BCUT2D eigenvalue weighted by atomic mass is 9.92. The standard InChI is InChI=1S/C16H29N3O/c1-4-13-12(11-17-6-3)14(5-2)19(18-13)15-9-7-8-10-16(15)20/h15-17,20H,4-11H2,1-3H3. The monoisotopic (exact) mass is 279 g/mol. The SMILES string of the molecule is CCNCc1c(CC)nn(C2CCCCC2O)c1CC. The van der Waals surface area contributed by atoms with E-state index in [0.717, 1.165) is 45.2 Å². The second-order valence-corrected chi connectivity index (χ2v) is 5.72. The van der Waals surface area contributed by atoms with E-state index < -0.39 is 0 Å². The largest absolute Gasteiger partial charge is 0.391 e. The zero-order chi connectivity index (χ0) is 14.5. The number of hydrogen-bond acceptors (Lipinski definition) is 3. The summed E-state index contributed by atoms with van der Waals surface area (Å²) in [6, 6.07) is 0.180. The fraction of sp³-hybridized carbons (Fsp3) is 0.812. The zero-order valence-electron chi connectivity index (χ0n) is 13.2. The van der Waals surface area contributed by atoms with E-state index >= 15 is 0 Å². The van der Waals surface area contributed by atoms with Gasteiger partial charge in [-0.15, -0.1) is 0 Å². The summed E-state index contributed by atoms with van der Waals surface area (Å²) in [5.41, 5.74) is 3.86. The van der Waals surface area contributed by atoms with Crippen LogP contribution >= 0.6 is 0 Å². The topological polar surface area (TPSA) is 50.1 Å². The molecule has 0 radical (unpaired) electrons. The molecular weight excluding hydrogens is 250 g/mol. The van der Waals surface area contributed by atoms with E-state index in [1.165, 1.54) is 23.4 Å². The highest BCUT2D eigenvalue weighted by atomic mass is 16.3. The summed E-state index contributed by atoms with van der Waals surface area (Å²) in [6.07, 6.45) is 6.03. The molecule has 1 aliphatic rings. The summed E-state index contributed by atoms with van der Waals surface area (Å²) in [7, 11) is 0. The van der Waals surface area contributed by atoms with Gasteiger partial charge in [0.25, 0.3) is 0 Å². The van der Waals surface area contributed by atoms with E-state index in [9.17, 15) is 5.11 Å². The van der Waals surface area contributed by atoms with Crippen molar-refractivity contribution in [1.82, 2.24) is 15.1 Å². The Morgan fingerprint density at radius 2 is 1.95 bits per heavy atom. The maximum absolute atomic E-state index is 10.3. The lowest BCUT2D eigenvalue weighted by Gasteiger charge is -2.29. The van der Waals surface area contributed by atoms with Crippen LogP contribution in [0.4, 0.5) is 0 Å². The van der Waals surface area contributed by atoms with Gasteiger partial charge in [0.05, 0.1) is 17.8 Å². The van der Waals surface area contributed by atoms with E-state index in [1.54, 1.807) is 0 Å². The van der Waals surface area contributed by atoms with E-state index in [0.29, 0.717) is 0 Å². The maximum Gasteiger partial charge on any atom is 0.0781 e. The van der Waals surface area contributed by atoms with Crippen molar-refractivity contribution in [1.29, 1.82) is 0 Å². The molecule has 4 nitrogen and oxygen atoms in total. The summed E-state index contributed by atoms with van der Waals surface area (Å²) in [4.78, 5) is 0. The van der Waals surface area contributed by atoms with Gasteiger partial charge in [0.1, 0.15) is 0 Å². The highest BCUT2D eigenvalue weighted by Gasteiger charge is 2.28. The summed E-state index contributed by atoms with van der Waals surface area (Å²) < 4.78 is 2.15. The molecule has 0 bridgehead atoms. The number of aliphatic hydroxyl groups is 1. The summed E-state index contributed by atoms with van der Waals surface area (Å²) in [6.45, 7) is 8.36. The van der Waals surface area contributed by atoms with Gasteiger partial charge in [0.2, 0.25) is 0 Å². The van der Waals surface area contributed by atoms with Crippen molar-refractivity contribution in [2.24, 2.45) is 0 Å². The van der Waals surface area contributed by atoms with Gasteiger partial charge in [0, 0.05) is 17.8 Å². The first-order valence-electron chi connectivity index (χ1n) is 8.20. The van der Waals surface area contributed by atoms with Gasteiger partial charge >= 0.3 is 0 Å². The molecule has 1 aromatic heterocycles. The van der Waals surface area contributed by atoms with E-state index in [1.807, 2.05) is 0 Å². The highest BCUT2D eigenvalue weighted by Crippen LogP contribution is 2.31. The molecule has 2 atom stereocenters. The zero-order valence-corrected chi connectivity index (χ0v) is 13.2. The van der Waals surface area contributed by atoms with Crippen LogP contribution in [0.1, 0.15) is 69.4 Å². The minimum absolute atomic E-state index is 0.180. The average molecular weight is 279 g/mol. The molecule has 1 aliphatic carbocycles. The van der Waals surface area contributed by atoms with E-state index in [4.69, 9.17) is 5.10 Å². The van der Waals surface area contributed by atoms with Crippen LogP contribution in [0.2, 0.25) is 0 Å². The van der Waals surface area contributed by atoms with Crippen molar-refractivity contribution in [3.8, 4) is 0 Å². The normalized spacial score (nSPS) is 23.2. The third-order valence-corrected chi connectivity index (χ3v) is 4.43. The molecule has 1 saturated carbocycles. The van der Waals surface area contributed by atoms with Crippen molar-refractivity contribution in [2.45, 2.75) is 78.0 Å². The first kappa shape index (κ1) is 15.5. The van der Waals surface area contributed by atoms with Crippen molar-refractivity contribution in [3.63, 3.8) is 0 Å². The van der Waals surface area contributed by atoms with Crippen LogP contribution in [-0.2, 0) is 19.4 Å². The van der Waals surface area contributed by atoms with E-state index in [2.05, 4.69) is 30.8 Å². The summed E-state index contributed by atoms with van der Waals surface area (Å²) >= 11 is 0. The fourth-order valence-electron chi connectivity index (χ4n) is 3.32. The number of aromatic nitrogens is 2. The second kappa shape index (κ2) is 7.23. The quantitative estimate of drug-likeness (QED) is 0.841. The predicted molar refractivity (Wildman–Crippen MR) is 81.9 cm³/mol. The van der Waals surface area contributed by atoms with Gasteiger partial charge in [0.15, 0.2) is 0 Å². The Morgan fingerprint density at radius 1 is 1.20 bits per heavy atom. The van der Waals surface area contributed by atoms with Gasteiger partial charge in [-0.2, -0.15) is 5.10 Å². The number of nitrogens with zero attached hydrogens (tertiary/aromatic N) is 2. The number of nitrogens with one attached hydrogen (secondary N) is 1. The van der Waals surface area contributed by atoms with Gasteiger partial charge in [-0.3, -0.25) is 4.68 Å². The molecule has 2 rings (SSSR count). The van der Waals surface area contributed by atoms with Crippen molar-refractivity contribution >= 4 is 0 Å². The van der Waals surface area contributed by atoms with Crippen LogP contribution in [0.25, 0.3) is 0 Å². The van der Waals surface area contributed by atoms with Crippen LogP contribution in [0.3, 0.4) is 0 Å². The number of rotatable bonds is 6. The molecule has 2 N–H and O–H groups in total. The maximum atomic E-state index is 10.3. The van der Waals surface area contributed by atoms with E-state index in [-0.39, 0.29) is 12.1 Å². The molecule has 1 aromatic rings. The van der Waals surface area contributed by atoms with Crippen molar-refractivity contribution in [2.75, 3.05) is 6.54 Å². The fourth-order valence-corrected chi connectivity index (χ4v) is 3.32. The van der Waals surface area contributed by atoms with Gasteiger partial charge in [-0.25, -0.2) is 0 Å². The molecule has 0 saturated heterocycles. The Kier molecular flexibility index (Phi) is 5.61. The van der Waals surface area contributed by atoms with Crippen molar-refractivity contribution < 1.29 is 5.11 Å². The Bertz CT molecular complexity index is 428. The van der Waals surface area contributed by atoms with Gasteiger partial charge < -0.3 is 10.4 Å². The summed E-state index contributed by atoms with van der Waals surface area (Å²) in [5, 5.41) is 18.6. The number of aryl methyl sites for hydroxylation is 1. The molecule has 0 spiro atoms. The molecular formula is C16H29N3O. The van der Waals surface area contributed by atoms with Crippen molar-refractivity contribution in [3.05, 3.63) is 17.0 Å². The molecule has 20 heavy (non-hydrogen) atoms. The molecule has 1 fully saturated rings. The number of hydrogen-bond donors (Lipinski definition) is 2. The van der Waals surface area contributed by atoms with Gasteiger partial charge in [-0.1, -0.05) is 33.6 Å². The third-order valence-electron chi connectivity index (χ3n) is 4.43. The molecule has 1 heterocycles. The lowest BCUT2D eigenvalue weighted by molar-refractivity contribution is 0.0678. The Hall–Kier alpha value is -0.870. The third kappa shape index (κ3) is 3.07. The second-order valence-electron chi connectivity index (χ2n) is 5.72. The lowest BCUT2D eigenvalue weighted by Crippen LogP contribution is -2.29. The smallest absolute Gasteiger partial charge is 0.0781 e. The van der Waals surface area contributed by atoms with Crippen LogP contribution in [0.15, 0.2) is 0 Å². The van der Waals surface area contributed by atoms with Crippen LogP contribution < -0.4 is 5.32 Å². The minimum Gasteiger partial charge on any atom is -0.391 e. The van der Waals surface area contributed by atoms with Crippen LogP contribution in [0.5, 0.6) is 0 Å². The summed E-state index contributed by atoms with van der Waals surface area (Å²) in [5.74, 6) is 0. The number of aliphatic hydroxyl groups excluding tert-OH is 1. The first-order chi connectivity index (χ1) is 9.72. The molecule has 114 valence electrons. The molecule has 0 aromatic carbocycles. The highest BCUT2D eigenvalue weighted by molar-refractivity contribution is 5.27. The van der Waals surface area contributed by atoms with Crippen LogP contribution in [-0.4, -0.2) is 27.5 Å². The Balaban J connectivity index is 2.34. The Labute approximate surface area is 122 Å². The van der Waals surface area contributed by atoms with Crippen LogP contribution in [0, 0.1) is 0 Å². The predicted octanol–water partition coefficient (Wildman–Crippen LogP) is 2.59.